The Kier molecular flexibility index (Phi) is 12.6. The van der Waals surface area contributed by atoms with E-state index in [1.165, 1.54) is 76.2 Å². The number of rotatable bonds is 13. The lowest BCUT2D eigenvalue weighted by Gasteiger charge is -2.28. The van der Waals surface area contributed by atoms with Crippen molar-refractivity contribution in [3.63, 3.8) is 0 Å². The third kappa shape index (κ3) is 8.77. The van der Waals surface area contributed by atoms with E-state index < -0.39 is 0 Å². The third-order valence-electron chi connectivity index (χ3n) is 7.40. The molecule has 3 rings (SSSR count). The van der Waals surface area contributed by atoms with Crippen molar-refractivity contribution in [1.29, 1.82) is 0 Å². The summed E-state index contributed by atoms with van der Waals surface area (Å²) < 4.78 is 10.5. The molecule has 2 bridgehead atoms. The fourth-order valence-electron chi connectivity index (χ4n) is 5.60. The molecule has 2 fully saturated rings. The first-order valence-electron chi connectivity index (χ1n) is 13.0. The lowest BCUT2D eigenvalue weighted by molar-refractivity contribution is 0.0678. The second-order valence-electron chi connectivity index (χ2n) is 9.80. The number of hydrogen-bond acceptors (Lipinski definition) is 3. The molecule has 31 heavy (non-hydrogen) atoms. The van der Waals surface area contributed by atoms with E-state index in [4.69, 9.17) is 9.47 Å². The van der Waals surface area contributed by atoms with Gasteiger partial charge in [0.05, 0.1) is 13.2 Å². The predicted octanol–water partition coefficient (Wildman–Crippen LogP) is 7.64. The number of phenolic OH excluding ortho intramolecular Hbond substituents is 1. The molecule has 0 radical (unpaired) electrons. The summed E-state index contributed by atoms with van der Waals surface area (Å²) in [5, 5.41) is 9.73. The van der Waals surface area contributed by atoms with Gasteiger partial charge >= 0.3 is 0 Å². The topological polar surface area (TPSA) is 38.7 Å². The Labute approximate surface area is 191 Å². The number of methoxy groups -OCH3 is 1. The summed E-state index contributed by atoms with van der Waals surface area (Å²) in [4.78, 5) is 0. The highest BCUT2D eigenvalue weighted by atomic mass is 16.5. The van der Waals surface area contributed by atoms with Gasteiger partial charge in [-0.15, -0.1) is 0 Å². The second kappa shape index (κ2) is 14.9. The number of benzene rings is 1. The molecule has 3 nitrogen and oxygen atoms in total. The number of phenols is 1. The van der Waals surface area contributed by atoms with E-state index in [0.717, 1.165) is 42.4 Å². The smallest absolute Gasteiger partial charge is 0.118 e. The van der Waals surface area contributed by atoms with Gasteiger partial charge in [-0.25, -0.2) is 0 Å². The molecular weight excluding hydrogens is 384 g/mol. The summed E-state index contributed by atoms with van der Waals surface area (Å²) >= 11 is 0. The van der Waals surface area contributed by atoms with E-state index in [2.05, 4.69) is 26.0 Å². The lowest BCUT2D eigenvalue weighted by Crippen LogP contribution is -2.17. The van der Waals surface area contributed by atoms with Gasteiger partial charge < -0.3 is 14.6 Å². The SMILES string of the molecule is CCCCCCC.COCCOCCCCC1CC2CC1CC2c1ccc(O)c(C)c1. The molecular formula is C28H48O3. The highest BCUT2D eigenvalue weighted by Crippen LogP contribution is 2.57. The van der Waals surface area contributed by atoms with Gasteiger partial charge in [-0.05, 0) is 73.5 Å². The largest absolute Gasteiger partial charge is 0.508 e. The molecule has 4 unspecified atom stereocenters. The van der Waals surface area contributed by atoms with Crippen LogP contribution in [0.1, 0.15) is 102 Å². The van der Waals surface area contributed by atoms with Crippen molar-refractivity contribution < 1.29 is 14.6 Å². The molecule has 1 N–H and O–H groups in total. The summed E-state index contributed by atoms with van der Waals surface area (Å²) in [6.07, 6.45) is 15.0. The summed E-state index contributed by atoms with van der Waals surface area (Å²) in [6, 6.07) is 6.21. The number of aromatic hydroxyl groups is 1. The van der Waals surface area contributed by atoms with Crippen LogP contribution in [0.15, 0.2) is 18.2 Å². The van der Waals surface area contributed by atoms with E-state index in [9.17, 15) is 5.11 Å². The molecule has 1 aromatic carbocycles. The Balaban J connectivity index is 0.000000423. The van der Waals surface area contributed by atoms with Crippen LogP contribution in [0.2, 0.25) is 0 Å². The second-order valence-corrected chi connectivity index (χ2v) is 9.80. The zero-order chi connectivity index (χ0) is 22.5. The zero-order valence-electron chi connectivity index (χ0n) is 20.7. The number of ether oxygens (including phenoxy) is 2. The summed E-state index contributed by atoms with van der Waals surface area (Å²) in [7, 11) is 1.71. The van der Waals surface area contributed by atoms with Crippen LogP contribution >= 0.6 is 0 Å². The van der Waals surface area contributed by atoms with Crippen LogP contribution in [-0.4, -0.2) is 32.0 Å². The van der Waals surface area contributed by atoms with Gasteiger partial charge in [0.2, 0.25) is 0 Å². The number of unbranched alkanes of at least 4 members (excludes halogenated alkanes) is 5. The molecule has 0 aliphatic heterocycles. The van der Waals surface area contributed by atoms with Gasteiger partial charge in [-0.3, -0.25) is 0 Å². The minimum atomic E-state index is 0.424. The fourth-order valence-corrected chi connectivity index (χ4v) is 5.60. The first-order chi connectivity index (χ1) is 15.1. The zero-order valence-corrected chi connectivity index (χ0v) is 20.7. The lowest BCUT2D eigenvalue weighted by atomic mass is 9.77. The van der Waals surface area contributed by atoms with Crippen molar-refractivity contribution in [2.75, 3.05) is 26.9 Å². The van der Waals surface area contributed by atoms with Crippen LogP contribution in [0.4, 0.5) is 0 Å². The Morgan fingerprint density at radius 1 is 0.871 bits per heavy atom. The Hall–Kier alpha value is -1.06. The summed E-state index contributed by atoms with van der Waals surface area (Å²) in [5.74, 6) is 3.87. The molecule has 4 atom stereocenters. The molecule has 2 aliphatic rings. The first-order valence-corrected chi connectivity index (χ1v) is 13.0. The average Bonchev–Trinajstić information content (AvgIpc) is 3.37. The number of fused-ring (bicyclic) bond motifs is 2. The molecule has 2 saturated carbocycles. The minimum absolute atomic E-state index is 0.424. The standard InChI is InChI=1S/C21H32O3.C7H16/c1-15-11-17(6-7-21(15)22)20-14-18-13-19(20)12-16(18)5-3-4-8-24-10-9-23-2;1-3-5-7-6-4-2/h6-7,11,16,18-20,22H,3-5,8-10,12-14H2,1-2H3;3-7H2,1-2H3. The molecule has 0 aromatic heterocycles. The Bertz CT molecular complexity index is 596. The van der Waals surface area contributed by atoms with E-state index in [1.807, 2.05) is 13.0 Å². The molecule has 3 heteroatoms. The van der Waals surface area contributed by atoms with Gasteiger partial charge in [0.15, 0.2) is 0 Å². The van der Waals surface area contributed by atoms with Crippen molar-refractivity contribution in [2.45, 2.75) is 97.3 Å². The number of aryl methyl sites for hydroxylation is 1. The van der Waals surface area contributed by atoms with Crippen molar-refractivity contribution >= 4 is 0 Å². The molecule has 0 heterocycles. The van der Waals surface area contributed by atoms with Crippen molar-refractivity contribution in [3.8, 4) is 5.75 Å². The maximum absolute atomic E-state index is 9.73. The highest BCUT2D eigenvalue weighted by Gasteiger charge is 2.45. The third-order valence-corrected chi connectivity index (χ3v) is 7.40. The van der Waals surface area contributed by atoms with E-state index in [0.29, 0.717) is 12.4 Å². The van der Waals surface area contributed by atoms with Gasteiger partial charge in [-0.1, -0.05) is 70.9 Å². The Morgan fingerprint density at radius 3 is 2.26 bits per heavy atom. The van der Waals surface area contributed by atoms with Crippen LogP contribution in [0.3, 0.4) is 0 Å². The normalized spacial score (nSPS) is 24.3. The van der Waals surface area contributed by atoms with Gasteiger partial charge in [-0.2, -0.15) is 0 Å². The highest BCUT2D eigenvalue weighted by molar-refractivity contribution is 5.37. The van der Waals surface area contributed by atoms with Crippen LogP contribution in [-0.2, 0) is 9.47 Å². The maximum Gasteiger partial charge on any atom is 0.118 e. The van der Waals surface area contributed by atoms with Crippen molar-refractivity contribution in [3.05, 3.63) is 29.3 Å². The summed E-state index contributed by atoms with van der Waals surface area (Å²) in [5.41, 5.74) is 2.46. The van der Waals surface area contributed by atoms with Crippen LogP contribution in [0.5, 0.6) is 5.75 Å². The molecule has 1 aromatic rings. The van der Waals surface area contributed by atoms with E-state index in [1.54, 1.807) is 7.11 Å². The van der Waals surface area contributed by atoms with Crippen molar-refractivity contribution in [1.82, 2.24) is 0 Å². The van der Waals surface area contributed by atoms with Gasteiger partial charge in [0.25, 0.3) is 0 Å². The predicted molar refractivity (Wildman–Crippen MR) is 131 cm³/mol. The van der Waals surface area contributed by atoms with Gasteiger partial charge in [0, 0.05) is 13.7 Å². The molecule has 0 saturated heterocycles. The average molecular weight is 433 g/mol. The Morgan fingerprint density at radius 2 is 1.65 bits per heavy atom. The van der Waals surface area contributed by atoms with Gasteiger partial charge in [0.1, 0.15) is 5.75 Å². The van der Waals surface area contributed by atoms with Crippen LogP contribution < -0.4 is 0 Å². The molecule has 2 aliphatic carbocycles. The number of hydrogen-bond donors (Lipinski definition) is 1. The van der Waals surface area contributed by atoms with Crippen molar-refractivity contribution in [2.24, 2.45) is 17.8 Å². The molecule has 0 amide bonds. The summed E-state index contributed by atoms with van der Waals surface area (Å²) in [6.45, 7) is 8.79. The maximum atomic E-state index is 9.73. The fraction of sp³-hybridized carbons (Fsp3) is 0.786. The van der Waals surface area contributed by atoms with Crippen LogP contribution in [0.25, 0.3) is 0 Å². The van der Waals surface area contributed by atoms with E-state index >= 15 is 0 Å². The molecule has 0 spiro atoms. The minimum Gasteiger partial charge on any atom is -0.508 e. The van der Waals surface area contributed by atoms with E-state index in [-0.39, 0.29) is 0 Å². The molecule has 178 valence electrons. The monoisotopic (exact) mass is 432 g/mol. The van der Waals surface area contributed by atoms with Crippen LogP contribution in [0, 0.1) is 24.7 Å². The quantitative estimate of drug-likeness (QED) is 0.325. The first kappa shape index (κ1) is 26.2.